The molecule has 4 heteroatoms. The average molecular weight is 211 g/mol. The van der Waals surface area contributed by atoms with Crippen LogP contribution in [-0.4, -0.2) is 9.97 Å². The third-order valence-corrected chi connectivity index (χ3v) is 3.79. The molecule has 2 heterocycles. The molecule has 0 spiro atoms. The van der Waals surface area contributed by atoms with Gasteiger partial charge in [-0.3, -0.25) is 0 Å². The van der Waals surface area contributed by atoms with E-state index in [0.29, 0.717) is 5.15 Å². The third-order valence-electron chi connectivity index (χ3n) is 2.28. The molecule has 0 bridgehead atoms. The Morgan fingerprint density at radius 1 is 1.38 bits per heavy atom. The van der Waals surface area contributed by atoms with Crippen LogP contribution < -0.4 is 0 Å². The van der Waals surface area contributed by atoms with Gasteiger partial charge in [-0.25, -0.2) is 9.97 Å². The summed E-state index contributed by atoms with van der Waals surface area (Å²) in [4.78, 5) is 10.6. The summed E-state index contributed by atoms with van der Waals surface area (Å²) in [5.41, 5.74) is 0. The maximum Gasteiger partial charge on any atom is 0.141 e. The summed E-state index contributed by atoms with van der Waals surface area (Å²) >= 11 is 7.70. The second kappa shape index (κ2) is 2.66. The van der Waals surface area contributed by atoms with Gasteiger partial charge in [0, 0.05) is 10.3 Å². The van der Waals surface area contributed by atoms with Crippen LogP contribution in [0.1, 0.15) is 23.6 Å². The fraction of sp³-hybridized carbons (Fsp3) is 0.333. The molecule has 1 aliphatic carbocycles. The van der Waals surface area contributed by atoms with Gasteiger partial charge in [-0.2, -0.15) is 0 Å². The molecule has 2 aromatic rings. The van der Waals surface area contributed by atoms with Crippen molar-refractivity contribution in [3.05, 3.63) is 22.4 Å². The van der Waals surface area contributed by atoms with Crippen LogP contribution in [-0.2, 0) is 0 Å². The van der Waals surface area contributed by atoms with Crippen LogP contribution in [0.25, 0.3) is 10.2 Å². The van der Waals surface area contributed by atoms with Crippen molar-refractivity contribution in [1.29, 1.82) is 0 Å². The molecular formula is C9H7ClN2S. The highest BCUT2D eigenvalue weighted by Crippen LogP contribution is 2.45. The molecule has 2 nitrogen and oxygen atoms in total. The van der Waals surface area contributed by atoms with Gasteiger partial charge in [-0.15, -0.1) is 11.3 Å². The summed E-state index contributed by atoms with van der Waals surface area (Å²) in [6.07, 6.45) is 4.16. The van der Waals surface area contributed by atoms with E-state index in [1.54, 1.807) is 11.3 Å². The summed E-state index contributed by atoms with van der Waals surface area (Å²) in [5, 5.41) is 1.59. The van der Waals surface area contributed by atoms with Crippen molar-refractivity contribution in [3.63, 3.8) is 0 Å². The van der Waals surface area contributed by atoms with Gasteiger partial charge in [0.15, 0.2) is 0 Å². The first-order chi connectivity index (χ1) is 6.34. The molecule has 0 N–H and O–H groups in total. The van der Waals surface area contributed by atoms with Crippen molar-refractivity contribution in [3.8, 4) is 0 Å². The average Bonchev–Trinajstić information content (AvgIpc) is 2.87. The van der Waals surface area contributed by atoms with Crippen molar-refractivity contribution in [2.45, 2.75) is 18.8 Å². The van der Waals surface area contributed by atoms with E-state index in [1.165, 1.54) is 24.0 Å². The van der Waals surface area contributed by atoms with E-state index in [1.807, 2.05) is 0 Å². The molecule has 3 rings (SSSR count). The molecule has 1 saturated carbocycles. The number of rotatable bonds is 1. The first kappa shape index (κ1) is 7.71. The highest BCUT2D eigenvalue weighted by atomic mass is 35.5. The second-order valence-corrected chi connectivity index (χ2v) is 4.73. The van der Waals surface area contributed by atoms with E-state index >= 15 is 0 Å². The molecule has 0 aliphatic heterocycles. The zero-order valence-corrected chi connectivity index (χ0v) is 8.40. The van der Waals surface area contributed by atoms with Crippen LogP contribution in [0, 0.1) is 0 Å². The predicted octanol–water partition coefficient (Wildman–Crippen LogP) is 3.22. The van der Waals surface area contributed by atoms with E-state index in [0.717, 1.165) is 16.1 Å². The molecule has 0 amide bonds. The Kier molecular flexibility index (Phi) is 1.58. The lowest BCUT2D eigenvalue weighted by Crippen LogP contribution is -1.76. The van der Waals surface area contributed by atoms with E-state index in [-0.39, 0.29) is 0 Å². The van der Waals surface area contributed by atoms with E-state index < -0.39 is 0 Å². The lowest BCUT2D eigenvalue weighted by molar-refractivity contribution is 1.18. The normalized spacial score (nSPS) is 16.7. The molecule has 2 aromatic heterocycles. The number of fused-ring (bicyclic) bond motifs is 1. The van der Waals surface area contributed by atoms with Crippen LogP contribution in [0.5, 0.6) is 0 Å². The zero-order valence-electron chi connectivity index (χ0n) is 6.83. The summed E-state index contributed by atoms with van der Waals surface area (Å²) in [6.45, 7) is 0. The standard InChI is InChI=1S/C9H7ClN2S/c10-8-6-3-7(5-1-2-5)13-9(6)12-4-11-8/h3-5H,1-2H2. The lowest BCUT2D eigenvalue weighted by Gasteiger charge is -1.87. The first-order valence-electron chi connectivity index (χ1n) is 4.24. The van der Waals surface area contributed by atoms with Gasteiger partial charge in [0.2, 0.25) is 0 Å². The minimum Gasteiger partial charge on any atom is -0.225 e. The number of hydrogen-bond donors (Lipinski definition) is 0. The smallest absolute Gasteiger partial charge is 0.141 e. The monoisotopic (exact) mass is 210 g/mol. The minimum absolute atomic E-state index is 0.577. The van der Waals surface area contributed by atoms with Crippen LogP contribution in [0.15, 0.2) is 12.4 Å². The molecule has 66 valence electrons. The lowest BCUT2D eigenvalue weighted by atomic mass is 10.3. The highest BCUT2D eigenvalue weighted by Gasteiger charge is 2.26. The Bertz CT molecular complexity index is 462. The number of hydrogen-bond acceptors (Lipinski definition) is 3. The highest BCUT2D eigenvalue weighted by molar-refractivity contribution is 7.18. The summed E-state index contributed by atoms with van der Waals surface area (Å²) in [6, 6.07) is 2.14. The summed E-state index contributed by atoms with van der Waals surface area (Å²) in [5.74, 6) is 0.773. The van der Waals surface area contributed by atoms with Gasteiger partial charge in [-0.1, -0.05) is 11.6 Å². The maximum atomic E-state index is 5.95. The van der Waals surface area contributed by atoms with Gasteiger partial charge in [-0.05, 0) is 24.8 Å². The number of halogens is 1. The fourth-order valence-electron chi connectivity index (χ4n) is 1.41. The van der Waals surface area contributed by atoms with Gasteiger partial charge >= 0.3 is 0 Å². The van der Waals surface area contributed by atoms with E-state index in [4.69, 9.17) is 11.6 Å². The largest absolute Gasteiger partial charge is 0.225 e. The van der Waals surface area contributed by atoms with Gasteiger partial charge < -0.3 is 0 Å². The molecule has 1 aliphatic rings. The Morgan fingerprint density at radius 2 is 2.23 bits per heavy atom. The Labute approximate surface area is 84.6 Å². The number of nitrogens with zero attached hydrogens (tertiary/aromatic N) is 2. The molecule has 1 fully saturated rings. The Morgan fingerprint density at radius 3 is 2.92 bits per heavy atom. The van der Waals surface area contributed by atoms with Crippen molar-refractivity contribution < 1.29 is 0 Å². The SMILES string of the molecule is Clc1ncnc2sc(C3CC3)cc12. The van der Waals surface area contributed by atoms with E-state index in [9.17, 15) is 0 Å². The van der Waals surface area contributed by atoms with Crippen LogP contribution in [0.2, 0.25) is 5.15 Å². The van der Waals surface area contributed by atoms with Crippen molar-refractivity contribution in [2.24, 2.45) is 0 Å². The van der Waals surface area contributed by atoms with Crippen molar-refractivity contribution in [2.75, 3.05) is 0 Å². The van der Waals surface area contributed by atoms with Crippen LogP contribution >= 0.6 is 22.9 Å². The Hall–Kier alpha value is -0.670. The summed E-state index contributed by atoms with van der Waals surface area (Å²) in [7, 11) is 0. The van der Waals surface area contributed by atoms with Gasteiger partial charge in [0.25, 0.3) is 0 Å². The molecule has 0 radical (unpaired) electrons. The Balaban J connectivity index is 2.26. The first-order valence-corrected chi connectivity index (χ1v) is 5.44. The molecule has 13 heavy (non-hydrogen) atoms. The molecule has 0 unspecified atom stereocenters. The number of aromatic nitrogens is 2. The quantitative estimate of drug-likeness (QED) is 0.676. The second-order valence-electron chi connectivity index (χ2n) is 3.31. The van der Waals surface area contributed by atoms with Crippen LogP contribution in [0.3, 0.4) is 0 Å². The molecule has 0 aromatic carbocycles. The van der Waals surface area contributed by atoms with E-state index in [2.05, 4.69) is 16.0 Å². The number of thiophene rings is 1. The fourth-order valence-corrected chi connectivity index (χ4v) is 2.83. The molecule has 0 atom stereocenters. The predicted molar refractivity (Wildman–Crippen MR) is 54.4 cm³/mol. The zero-order chi connectivity index (χ0) is 8.84. The molecular weight excluding hydrogens is 204 g/mol. The molecule has 0 saturated heterocycles. The van der Waals surface area contributed by atoms with Gasteiger partial charge in [0.05, 0.1) is 0 Å². The third kappa shape index (κ3) is 1.23. The van der Waals surface area contributed by atoms with Crippen molar-refractivity contribution >= 4 is 33.2 Å². The van der Waals surface area contributed by atoms with Crippen LogP contribution in [0.4, 0.5) is 0 Å². The van der Waals surface area contributed by atoms with Crippen molar-refractivity contribution in [1.82, 2.24) is 9.97 Å². The summed E-state index contributed by atoms with van der Waals surface area (Å²) < 4.78 is 0. The minimum atomic E-state index is 0.577. The topological polar surface area (TPSA) is 25.8 Å². The maximum absolute atomic E-state index is 5.95. The van der Waals surface area contributed by atoms with Gasteiger partial charge in [0.1, 0.15) is 16.3 Å².